The van der Waals surface area contributed by atoms with Crippen LogP contribution in [0.25, 0.3) is 0 Å². The van der Waals surface area contributed by atoms with Crippen LogP contribution < -0.4 is 5.40 Å². The van der Waals surface area contributed by atoms with Gasteiger partial charge in [-0.1, -0.05) is 130 Å². The minimum atomic E-state index is -1.49. The van der Waals surface area contributed by atoms with Gasteiger partial charge in [-0.15, -0.1) is 0 Å². The summed E-state index contributed by atoms with van der Waals surface area (Å²) >= 11 is 0. The molecule has 0 spiro atoms. The van der Waals surface area contributed by atoms with Gasteiger partial charge in [0, 0.05) is 0 Å². The Kier molecular flexibility index (Phi) is 14.5. The first kappa shape index (κ1) is 24.2. The van der Waals surface area contributed by atoms with E-state index in [-0.39, 0.29) is 0 Å². The molecule has 0 bridgehead atoms. The normalized spacial score (nSPS) is 12.8. The second-order valence-corrected chi connectivity index (χ2v) is 14.1. The Labute approximate surface area is 155 Å². The van der Waals surface area contributed by atoms with E-state index in [1.807, 2.05) is 0 Å². The minimum Gasteiger partial charge on any atom is -0.351 e. The number of hydrogen-bond acceptors (Lipinski definition) is 1. The van der Waals surface area contributed by atoms with E-state index in [2.05, 4.69) is 33.9 Å². The molecule has 0 amide bonds. The lowest BCUT2D eigenvalue weighted by atomic mass is 10.0. The topological polar surface area (TPSA) is 26.0 Å². The summed E-state index contributed by atoms with van der Waals surface area (Å²) in [5.41, 5.74) is 0. The van der Waals surface area contributed by atoms with E-state index >= 15 is 0 Å². The standard InChI is InChI=1S/C22H49NSi/c1-6-7-8-9-10-11-12-13-14-15-16-17-18-19-20-21-22(2,3)24(4,5)23/h6-21,23H2,1-5H3. The highest BCUT2D eigenvalue weighted by molar-refractivity contribution is 6.77. The van der Waals surface area contributed by atoms with Gasteiger partial charge >= 0.3 is 0 Å². The smallest absolute Gasteiger partial charge is 0.122 e. The second-order valence-electron chi connectivity index (χ2n) is 9.31. The molecule has 0 rings (SSSR count). The molecule has 0 saturated carbocycles. The number of nitrogens with two attached hydrogens (primary N) is 1. The number of unbranched alkanes of at least 4 members (excludes halogenated alkanes) is 14. The van der Waals surface area contributed by atoms with E-state index in [0.717, 1.165) is 0 Å². The van der Waals surface area contributed by atoms with Crippen LogP contribution in [0.2, 0.25) is 18.1 Å². The van der Waals surface area contributed by atoms with Crippen molar-refractivity contribution in [2.45, 2.75) is 142 Å². The molecule has 0 aromatic rings. The molecule has 2 heteroatoms. The molecule has 0 atom stereocenters. The lowest BCUT2D eigenvalue weighted by Gasteiger charge is -2.36. The fourth-order valence-electron chi connectivity index (χ4n) is 3.26. The Morgan fingerprint density at radius 1 is 0.583 bits per heavy atom. The third-order valence-electron chi connectivity index (χ3n) is 6.15. The average molecular weight is 356 g/mol. The van der Waals surface area contributed by atoms with Crippen molar-refractivity contribution in [3.63, 3.8) is 0 Å². The zero-order valence-corrected chi connectivity index (χ0v) is 18.9. The van der Waals surface area contributed by atoms with E-state index in [4.69, 9.17) is 5.40 Å². The van der Waals surface area contributed by atoms with Gasteiger partial charge in [0.2, 0.25) is 0 Å². The molecular weight excluding hydrogens is 306 g/mol. The summed E-state index contributed by atoms with van der Waals surface area (Å²) in [7, 11) is -1.49. The zero-order valence-electron chi connectivity index (χ0n) is 17.9. The van der Waals surface area contributed by atoms with Crippen LogP contribution in [0.4, 0.5) is 0 Å². The highest BCUT2D eigenvalue weighted by Gasteiger charge is 2.34. The second kappa shape index (κ2) is 14.4. The minimum absolute atomic E-state index is 0.392. The molecule has 146 valence electrons. The van der Waals surface area contributed by atoms with Gasteiger partial charge < -0.3 is 5.40 Å². The fraction of sp³-hybridized carbons (Fsp3) is 1.00. The first-order valence-electron chi connectivity index (χ1n) is 11.1. The maximum absolute atomic E-state index is 6.41. The Balaban J connectivity index is 3.24. The quantitative estimate of drug-likeness (QED) is 0.206. The zero-order chi connectivity index (χ0) is 18.3. The predicted molar refractivity (Wildman–Crippen MR) is 115 cm³/mol. The SMILES string of the molecule is CCCCCCCCCCCCCCCCCC(C)(C)[Si](C)(C)N. The molecule has 0 fully saturated rings. The molecule has 0 aromatic heterocycles. The lowest BCUT2D eigenvalue weighted by Crippen LogP contribution is -2.48. The Morgan fingerprint density at radius 3 is 1.17 bits per heavy atom. The van der Waals surface area contributed by atoms with Crippen molar-refractivity contribution in [2.24, 2.45) is 5.40 Å². The molecular formula is C22H49NSi. The summed E-state index contributed by atoms with van der Waals surface area (Å²) in [6, 6.07) is 0. The van der Waals surface area contributed by atoms with E-state index in [9.17, 15) is 0 Å². The molecule has 0 aliphatic rings. The van der Waals surface area contributed by atoms with E-state index < -0.39 is 8.24 Å². The summed E-state index contributed by atoms with van der Waals surface area (Å²) in [5.74, 6) is 0. The van der Waals surface area contributed by atoms with Gasteiger partial charge in [0.15, 0.2) is 0 Å². The van der Waals surface area contributed by atoms with Crippen molar-refractivity contribution < 1.29 is 0 Å². The third kappa shape index (κ3) is 13.5. The van der Waals surface area contributed by atoms with Gasteiger partial charge in [-0.3, -0.25) is 0 Å². The first-order valence-corrected chi connectivity index (χ1v) is 14.2. The van der Waals surface area contributed by atoms with Crippen molar-refractivity contribution in [1.82, 2.24) is 0 Å². The van der Waals surface area contributed by atoms with Crippen molar-refractivity contribution in [3.8, 4) is 0 Å². The highest BCUT2D eigenvalue weighted by atomic mass is 28.3. The van der Waals surface area contributed by atoms with Crippen molar-refractivity contribution >= 4 is 8.24 Å². The summed E-state index contributed by atoms with van der Waals surface area (Å²) in [6.07, 6.45) is 23.0. The van der Waals surface area contributed by atoms with Crippen LogP contribution in [0.3, 0.4) is 0 Å². The monoisotopic (exact) mass is 355 g/mol. The molecule has 0 aliphatic carbocycles. The summed E-state index contributed by atoms with van der Waals surface area (Å²) in [4.78, 5) is 0. The Bertz CT molecular complexity index is 268. The van der Waals surface area contributed by atoms with Crippen LogP contribution in [-0.4, -0.2) is 8.24 Å². The Morgan fingerprint density at radius 2 is 0.875 bits per heavy atom. The van der Waals surface area contributed by atoms with Gasteiger partial charge in [0.1, 0.15) is 8.24 Å². The fourth-order valence-corrected chi connectivity index (χ4v) is 4.08. The van der Waals surface area contributed by atoms with Gasteiger partial charge in [0.25, 0.3) is 0 Å². The maximum atomic E-state index is 6.41. The van der Waals surface area contributed by atoms with Crippen LogP contribution in [0.15, 0.2) is 0 Å². The van der Waals surface area contributed by atoms with Crippen molar-refractivity contribution in [3.05, 3.63) is 0 Å². The van der Waals surface area contributed by atoms with Crippen LogP contribution in [0.1, 0.15) is 124 Å². The van der Waals surface area contributed by atoms with Crippen molar-refractivity contribution in [1.29, 1.82) is 0 Å². The number of rotatable bonds is 17. The summed E-state index contributed by atoms with van der Waals surface area (Å²) < 4.78 is 0. The summed E-state index contributed by atoms with van der Waals surface area (Å²) in [5, 5.41) is 6.81. The molecule has 0 saturated heterocycles. The highest BCUT2D eigenvalue weighted by Crippen LogP contribution is 2.38. The molecule has 24 heavy (non-hydrogen) atoms. The van der Waals surface area contributed by atoms with E-state index in [0.29, 0.717) is 5.04 Å². The van der Waals surface area contributed by atoms with Crippen LogP contribution >= 0.6 is 0 Å². The molecule has 0 heterocycles. The predicted octanol–water partition coefficient (Wildman–Crippen LogP) is 8.19. The van der Waals surface area contributed by atoms with Gasteiger partial charge in [0.05, 0.1) is 0 Å². The molecule has 0 radical (unpaired) electrons. The van der Waals surface area contributed by atoms with E-state index in [1.165, 1.54) is 103 Å². The lowest BCUT2D eigenvalue weighted by molar-refractivity contribution is 0.501. The van der Waals surface area contributed by atoms with Gasteiger partial charge in [-0.05, 0) is 11.5 Å². The first-order chi connectivity index (χ1) is 11.3. The van der Waals surface area contributed by atoms with Crippen molar-refractivity contribution in [2.75, 3.05) is 0 Å². The molecule has 0 aliphatic heterocycles. The van der Waals surface area contributed by atoms with Gasteiger partial charge in [-0.25, -0.2) is 0 Å². The largest absolute Gasteiger partial charge is 0.351 e. The number of hydrogen-bond donors (Lipinski definition) is 1. The summed E-state index contributed by atoms with van der Waals surface area (Å²) in [6.45, 7) is 11.7. The molecule has 1 nitrogen and oxygen atoms in total. The molecule has 2 N–H and O–H groups in total. The van der Waals surface area contributed by atoms with Crippen LogP contribution in [0.5, 0.6) is 0 Å². The van der Waals surface area contributed by atoms with Crippen LogP contribution in [0, 0.1) is 0 Å². The third-order valence-corrected chi connectivity index (χ3v) is 9.89. The molecule has 0 unspecified atom stereocenters. The Hall–Kier alpha value is 0.177. The average Bonchev–Trinajstić information content (AvgIpc) is 2.50. The van der Waals surface area contributed by atoms with Crippen LogP contribution in [-0.2, 0) is 0 Å². The van der Waals surface area contributed by atoms with Gasteiger partial charge in [-0.2, -0.15) is 0 Å². The molecule has 0 aromatic carbocycles. The maximum Gasteiger partial charge on any atom is 0.122 e. The van der Waals surface area contributed by atoms with E-state index in [1.54, 1.807) is 0 Å².